The fraction of sp³-hybridized carbons (Fsp3) is 0.538. The van der Waals surface area contributed by atoms with E-state index in [1.54, 1.807) is 14.2 Å². The molecule has 0 fully saturated rings. The topological polar surface area (TPSA) is 44.5 Å². The number of benzene rings is 1. The minimum atomic E-state index is 0.538. The molecule has 0 radical (unpaired) electrons. The molecule has 1 unspecified atom stereocenters. The lowest BCUT2D eigenvalue weighted by Crippen LogP contribution is -2.11. The second-order valence-electron chi connectivity index (χ2n) is 4.06. The van der Waals surface area contributed by atoms with Gasteiger partial charge in [0.25, 0.3) is 0 Å². The van der Waals surface area contributed by atoms with Gasteiger partial charge in [-0.2, -0.15) is 0 Å². The van der Waals surface area contributed by atoms with E-state index in [2.05, 4.69) is 6.92 Å². The first-order valence-corrected chi connectivity index (χ1v) is 5.62. The van der Waals surface area contributed by atoms with Gasteiger partial charge in [-0.15, -0.1) is 0 Å². The van der Waals surface area contributed by atoms with Gasteiger partial charge in [-0.05, 0) is 49.1 Å². The standard InChI is InChI=1S/C13H21NO2/c1-10(9-14)4-5-11-8-12(15-2)6-7-13(11)16-3/h6-8,10H,4-5,9,14H2,1-3H3. The first-order valence-electron chi connectivity index (χ1n) is 5.62. The summed E-state index contributed by atoms with van der Waals surface area (Å²) in [6, 6.07) is 5.89. The van der Waals surface area contributed by atoms with Crippen molar-refractivity contribution in [2.24, 2.45) is 11.7 Å². The van der Waals surface area contributed by atoms with Gasteiger partial charge in [0.2, 0.25) is 0 Å². The van der Waals surface area contributed by atoms with Crippen LogP contribution in [0.4, 0.5) is 0 Å². The largest absolute Gasteiger partial charge is 0.497 e. The summed E-state index contributed by atoms with van der Waals surface area (Å²) in [6.45, 7) is 2.89. The zero-order valence-electron chi connectivity index (χ0n) is 10.3. The highest BCUT2D eigenvalue weighted by molar-refractivity contribution is 5.40. The van der Waals surface area contributed by atoms with Crippen LogP contribution in [-0.4, -0.2) is 20.8 Å². The average Bonchev–Trinajstić information content (AvgIpc) is 2.35. The summed E-state index contributed by atoms with van der Waals surface area (Å²) in [5, 5.41) is 0. The first kappa shape index (κ1) is 12.8. The van der Waals surface area contributed by atoms with E-state index in [1.165, 1.54) is 5.56 Å². The van der Waals surface area contributed by atoms with E-state index in [1.807, 2.05) is 18.2 Å². The number of rotatable bonds is 6. The molecule has 90 valence electrons. The Kier molecular flexibility index (Phi) is 5.12. The molecule has 0 amide bonds. The smallest absolute Gasteiger partial charge is 0.122 e. The van der Waals surface area contributed by atoms with Gasteiger partial charge in [-0.1, -0.05) is 6.92 Å². The lowest BCUT2D eigenvalue weighted by molar-refractivity contribution is 0.396. The molecule has 0 saturated carbocycles. The van der Waals surface area contributed by atoms with Crippen LogP contribution >= 0.6 is 0 Å². The normalized spacial score (nSPS) is 12.2. The van der Waals surface area contributed by atoms with Crippen LogP contribution in [0.5, 0.6) is 11.5 Å². The Hall–Kier alpha value is -1.22. The number of nitrogens with two attached hydrogens (primary N) is 1. The Morgan fingerprint density at radius 1 is 1.25 bits per heavy atom. The van der Waals surface area contributed by atoms with Gasteiger partial charge in [0, 0.05) is 0 Å². The highest BCUT2D eigenvalue weighted by atomic mass is 16.5. The molecule has 2 N–H and O–H groups in total. The van der Waals surface area contributed by atoms with E-state index in [-0.39, 0.29) is 0 Å². The van der Waals surface area contributed by atoms with E-state index >= 15 is 0 Å². The zero-order valence-corrected chi connectivity index (χ0v) is 10.3. The average molecular weight is 223 g/mol. The van der Waals surface area contributed by atoms with E-state index in [0.717, 1.165) is 30.9 Å². The maximum atomic E-state index is 5.61. The Morgan fingerprint density at radius 3 is 2.56 bits per heavy atom. The van der Waals surface area contributed by atoms with Crippen LogP contribution in [0.3, 0.4) is 0 Å². The molecule has 3 nitrogen and oxygen atoms in total. The maximum Gasteiger partial charge on any atom is 0.122 e. The predicted molar refractivity (Wildman–Crippen MR) is 66.1 cm³/mol. The Labute approximate surface area is 97.6 Å². The highest BCUT2D eigenvalue weighted by Gasteiger charge is 2.07. The first-order chi connectivity index (χ1) is 7.71. The molecule has 0 aliphatic carbocycles. The van der Waals surface area contributed by atoms with Crippen molar-refractivity contribution in [2.75, 3.05) is 20.8 Å². The number of methoxy groups -OCH3 is 2. The lowest BCUT2D eigenvalue weighted by atomic mass is 10.0. The third-order valence-corrected chi connectivity index (χ3v) is 2.80. The molecule has 0 aromatic heterocycles. The maximum absolute atomic E-state index is 5.61. The van der Waals surface area contributed by atoms with Crippen molar-refractivity contribution in [1.29, 1.82) is 0 Å². The summed E-state index contributed by atoms with van der Waals surface area (Å²) in [6.07, 6.45) is 2.04. The van der Waals surface area contributed by atoms with Gasteiger partial charge < -0.3 is 15.2 Å². The van der Waals surface area contributed by atoms with Crippen LogP contribution < -0.4 is 15.2 Å². The molecule has 0 spiro atoms. The van der Waals surface area contributed by atoms with Crippen LogP contribution in [0.1, 0.15) is 18.9 Å². The quantitative estimate of drug-likeness (QED) is 0.804. The van der Waals surface area contributed by atoms with Crippen LogP contribution in [-0.2, 0) is 6.42 Å². The molecular formula is C13H21NO2. The van der Waals surface area contributed by atoms with Crippen molar-refractivity contribution >= 4 is 0 Å². The summed E-state index contributed by atoms with van der Waals surface area (Å²) >= 11 is 0. The van der Waals surface area contributed by atoms with Crippen molar-refractivity contribution in [3.8, 4) is 11.5 Å². The SMILES string of the molecule is COc1ccc(OC)c(CCC(C)CN)c1. The van der Waals surface area contributed by atoms with E-state index in [0.29, 0.717) is 5.92 Å². The molecule has 1 atom stereocenters. The van der Waals surface area contributed by atoms with Crippen molar-refractivity contribution in [3.63, 3.8) is 0 Å². The fourth-order valence-electron chi connectivity index (χ4n) is 1.60. The number of ether oxygens (including phenoxy) is 2. The monoisotopic (exact) mass is 223 g/mol. The Bertz CT molecular complexity index is 326. The van der Waals surface area contributed by atoms with E-state index in [9.17, 15) is 0 Å². The van der Waals surface area contributed by atoms with Crippen molar-refractivity contribution in [3.05, 3.63) is 23.8 Å². The summed E-state index contributed by atoms with van der Waals surface area (Å²) in [5.74, 6) is 2.33. The second-order valence-corrected chi connectivity index (χ2v) is 4.06. The van der Waals surface area contributed by atoms with Crippen molar-refractivity contribution in [1.82, 2.24) is 0 Å². The molecule has 3 heteroatoms. The molecule has 0 saturated heterocycles. The Morgan fingerprint density at radius 2 is 2.00 bits per heavy atom. The summed E-state index contributed by atoms with van der Waals surface area (Å²) in [4.78, 5) is 0. The summed E-state index contributed by atoms with van der Waals surface area (Å²) < 4.78 is 10.5. The number of hydrogen-bond donors (Lipinski definition) is 1. The summed E-state index contributed by atoms with van der Waals surface area (Å²) in [5.41, 5.74) is 6.79. The van der Waals surface area contributed by atoms with Gasteiger partial charge in [0.15, 0.2) is 0 Å². The number of aryl methyl sites for hydroxylation is 1. The van der Waals surface area contributed by atoms with Crippen LogP contribution in [0.25, 0.3) is 0 Å². The van der Waals surface area contributed by atoms with Crippen molar-refractivity contribution < 1.29 is 9.47 Å². The molecular weight excluding hydrogens is 202 g/mol. The van der Waals surface area contributed by atoms with Gasteiger partial charge in [-0.25, -0.2) is 0 Å². The summed E-state index contributed by atoms with van der Waals surface area (Å²) in [7, 11) is 3.37. The van der Waals surface area contributed by atoms with Gasteiger partial charge in [-0.3, -0.25) is 0 Å². The molecule has 0 heterocycles. The lowest BCUT2D eigenvalue weighted by Gasteiger charge is -2.12. The molecule has 0 bridgehead atoms. The van der Waals surface area contributed by atoms with Crippen molar-refractivity contribution in [2.45, 2.75) is 19.8 Å². The van der Waals surface area contributed by atoms with Crippen LogP contribution in [0.15, 0.2) is 18.2 Å². The molecule has 16 heavy (non-hydrogen) atoms. The molecule has 1 aromatic rings. The van der Waals surface area contributed by atoms with Crippen LogP contribution in [0.2, 0.25) is 0 Å². The molecule has 0 aliphatic rings. The third-order valence-electron chi connectivity index (χ3n) is 2.80. The highest BCUT2D eigenvalue weighted by Crippen LogP contribution is 2.25. The molecule has 1 aromatic carbocycles. The fourth-order valence-corrected chi connectivity index (χ4v) is 1.60. The van der Waals surface area contributed by atoms with Gasteiger partial charge in [0.05, 0.1) is 14.2 Å². The molecule has 0 aliphatic heterocycles. The Balaban J connectivity index is 2.75. The number of hydrogen-bond acceptors (Lipinski definition) is 3. The second kappa shape index (κ2) is 6.38. The molecule has 1 rings (SSSR count). The third kappa shape index (κ3) is 3.42. The van der Waals surface area contributed by atoms with E-state index in [4.69, 9.17) is 15.2 Å². The van der Waals surface area contributed by atoms with Gasteiger partial charge in [0.1, 0.15) is 11.5 Å². The zero-order chi connectivity index (χ0) is 12.0. The minimum Gasteiger partial charge on any atom is -0.497 e. The predicted octanol–water partition coefficient (Wildman–Crippen LogP) is 2.23. The van der Waals surface area contributed by atoms with E-state index < -0.39 is 0 Å². The van der Waals surface area contributed by atoms with Crippen LogP contribution in [0, 0.1) is 5.92 Å². The van der Waals surface area contributed by atoms with Gasteiger partial charge >= 0.3 is 0 Å². The minimum absolute atomic E-state index is 0.538.